The van der Waals surface area contributed by atoms with Crippen LogP contribution in [-0.4, -0.2) is 9.55 Å². The van der Waals surface area contributed by atoms with Gasteiger partial charge in [0.05, 0.1) is 16.2 Å². The van der Waals surface area contributed by atoms with Gasteiger partial charge < -0.3 is 19.1 Å². The summed E-state index contributed by atoms with van der Waals surface area (Å²) < 4.78 is 12.8. The van der Waals surface area contributed by atoms with Crippen molar-refractivity contribution in [3.05, 3.63) is 163 Å². The van der Waals surface area contributed by atoms with E-state index < -0.39 is 0 Å². The van der Waals surface area contributed by atoms with Gasteiger partial charge in [-0.3, -0.25) is 0 Å². The van der Waals surface area contributed by atoms with Crippen molar-refractivity contribution >= 4 is 96.8 Å². The second kappa shape index (κ2) is 14.8. The van der Waals surface area contributed by atoms with Crippen LogP contribution in [0.3, 0.4) is 0 Å². The van der Waals surface area contributed by atoms with Gasteiger partial charge in [-0.15, -0.1) is 70.7 Å². The van der Waals surface area contributed by atoms with Crippen molar-refractivity contribution in [2.75, 3.05) is 9.80 Å². The Labute approximate surface area is 385 Å². The van der Waals surface area contributed by atoms with E-state index in [0.717, 1.165) is 38.3 Å². The van der Waals surface area contributed by atoms with Crippen molar-refractivity contribution in [3.63, 3.8) is 0 Å². The fraction of sp³-hybridized carbons (Fsp3) is 0.185. The Morgan fingerprint density at radius 2 is 1.27 bits per heavy atom. The molecule has 0 fully saturated rings. The molecule has 0 aliphatic carbocycles. The molecule has 1 aliphatic rings. The molecule has 0 saturated heterocycles. The van der Waals surface area contributed by atoms with Gasteiger partial charge in [-0.1, -0.05) is 102 Å². The average Bonchev–Trinajstić information content (AvgIpc) is 3.98. The number of fused-ring (bicyclic) bond motifs is 10. The number of thiophene rings is 2. The predicted molar refractivity (Wildman–Crippen MR) is 259 cm³/mol. The molecule has 62 heavy (non-hydrogen) atoms. The number of aryl methyl sites for hydroxylation is 2. The Balaban J connectivity index is 0.00000458. The molecule has 11 rings (SSSR count). The Morgan fingerprint density at radius 3 is 2.02 bits per heavy atom. The van der Waals surface area contributed by atoms with E-state index in [-0.39, 0.29) is 31.9 Å². The van der Waals surface area contributed by atoms with Gasteiger partial charge in [0.2, 0.25) is 0 Å². The second-order valence-corrected chi connectivity index (χ2v) is 20.4. The normalized spacial score (nSPS) is 13.2. The number of rotatable bonds is 5. The molecule has 10 aromatic rings. The largest absolute Gasteiger partial charge is 0.509 e. The zero-order valence-electron chi connectivity index (χ0n) is 36.0. The van der Waals surface area contributed by atoms with Crippen molar-refractivity contribution in [2.45, 2.75) is 66.2 Å². The van der Waals surface area contributed by atoms with Crippen molar-refractivity contribution in [3.8, 4) is 17.3 Å². The van der Waals surface area contributed by atoms with Gasteiger partial charge in [0.15, 0.2) is 0 Å². The molecular weight excluding hydrogens is 980 g/mol. The first-order valence-electron chi connectivity index (χ1n) is 20.9. The smallest absolute Gasteiger partial charge is 0.135 e. The van der Waals surface area contributed by atoms with Crippen LogP contribution >= 0.6 is 22.7 Å². The molecule has 6 aromatic carbocycles. The molecule has 1 aliphatic heterocycles. The minimum atomic E-state index is -0.0470. The summed E-state index contributed by atoms with van der Waals surface area (Å²) in [5.41, 5.74) is 10.4. The maximum atomic E-state index is 6.74. The first kappa shape index (κ1) is 40.6. The molecule has 8 heteroatoms. The van der Waals surface area contributed by atoms with E-state index in [4.69, 9.17) is 9.72 Å². The van der Waals surface area contributed by atoms with E-state index in [1.54, 1.807) is 11.3 Å². The summed E-state index contributed by atoms with van der Waals surface area (Å²) in [6, 6.07) is 48.7. The van der Waals surface area contributed by atoms with Crippen LogP contribution in [0.25, 0.3) is 57.9 Å². The third-order valence-corrected chi connectivity index (χ3v) is 14.4. The summed E-state index contributed by atoms with van der Waals surface area (Å²) in [6.07, 6.45) is 1.93. The Morgan fingerprint density at radius 1 is 0.597 bits per heavy atom. The minimum Gasteiger partial charge on any atom is -0.509 e. The molecule has 312 valence electrons. The zero-order chi connectivity index (χ0) is 41.9. The SMILES string of the molecule is Cc1cc(C(C)(C)C)cc(C)c1N1[CH-]N(c2[c-]c(Oc3[c-]c4c(cc3)c3ccc5sc6ccccc6c5c3n4-c3cc(C(C)(C)C)ccn3)ccc2)c2sc3ccccc3c21.[Pt]. The number of anilines is 4. The third kappa shape index (κ3) is 6.55. The Bertz CT molecular complexity index is 3380. The molecule has 0 unspecified atom stereocenters. The zero-order valence-corrected chi connectivity index (χ0v) is 39.9. The molecule has 0 amide bonds. The maximum absolute atomic E-state index is 6.74. The van der Waals surface area contributed by atoms with Crippen LogP contribution in [0.4, 0.5) is 22.1 Å². The van der Waals surface area contributed by atoms with Crippen LogP contribution in [0.15, 0.2) is 121 Å². The van der Waals surface area contributed by atoms with Crippen LogP contribution in [0.5, 0.6) is 11.5 Å². The van der Waals surface area contributed by atoms with Crippen LogP contribution in [0.1, 0.15) is 63.8 Å². The van der Waals surface area contributed by atoms with Gasteiger partial charge in [-0.2, -0.15) is 12.1 Å². The summed E-state index contributed by atoms with van der Waals surface area (Å²) in [5.74, 6) is 2.10. The number of hydrogen-bond donors (Lipinski definition) is 0. The van der Waals surface area contributed by atoms with E-state index in [2.05, 4.69) is 192 Å². The summed E-state index contributed by atoms with van der Waals surface area (Å²) in [6.45, 7) is 20.3. The van der Waals surface area contributed by atoms with Crippen LogP contribution < -0.4 is 14.5 Å². The monoisotopic (exact) mass is 1020 g/mol. The summed E-state index contributed by atoms with van der Waals surface area (Å²) in [5, 5.41) is 7.14. The van der Waals surface area contributed by atoms with Crippen molar-refractivity contribution in [1.29, 1.82) is 0 Å². The van der Waals surface area contributed by atoms with E-state index in [1.807, 2.05) is 29.7 Å². The average molecular weight is 1030 g/mol. The van der Waals surface area contributed by atoms with Crippen molar-refractivity contribution < 1.29 is 25.8 Å². The molecule has 4 aromatic heterocycles. The number of nitrogens with zero attached hydrogens (tertiary/aromatic N) is 4. The van der Waals surface area contributed by atoms with Crippen LogP contribution in [-0.2, 0) is 31.9 Å². The minimum absolute atomic E-state index is 0. The van der Waals surface area contributed by atoms with Gasteiger partial charge in [0.25, 0.3) is 0 Å². The summed E-state index contributed by atoms with van der Waals surface area (Å²) in [4.78, 5) is 9.65. The maximum Gasteiger partial charge on any atom is 0.135 e. The molecule has 5 heterocycles. The Hall–Kier alpha value is -5.46. The first-order valence-corrected chi connectivity index (χ1v) is 22.5. The van der Waals surface area contributed by atoms with Crippen LogP contribution in [0, 0.1) is 32.6 Å². The van der Waals surface area contributed by atoms with Crippen LogP contribution in [0.2, 0.25) is 0 Å². The number of ether oxygens (including phenoxy) is 1. The number of benzene rings is 6. The van der Waals surface area contributed by atoms with Gasteiger partial charge in [-0.25, -0.2) is 4.98 Å². The topological polar surface area (TPSA) is 33.5 Å². The summed E-state index contributed by atoms with van der Waals surface area (Å²) in [7, 11) is 0. The van der Waals surface area contributed by atoms with Gasteiger partial charge in [0, 0.05) is 74.7 Å². The van der Waals surface area contributed by atoms with E-state index in [9.17, 15) is 0 Å². The standard InChI is InChI=1S/C54H45N4OS2.Pt/c1-32-26-35(54(6,7)8)27-33(2)49(32)57-31-56(52-51(57)42-17-10-12-19-45(42)61-52)36-14-13-15-37(29-36)59-38-20-21-39-40-22-23-46-48(41-16-9-11-18-44(41)60-46)50(40)58(43(39)30-38)47-28-34(24-25-55-47)53(3,4)5;/h9-28,31H,1-8H3;/q-3;. The second-order valence-electron chi connectivity index (χ2n) is 18.3. The van der Waals surface area contributed by atoms with Gasteiger partial charge in [0.1, 0.15) is 5.82 Å². The van der Waals surface area contributed by atoms with E-state index >= 15 is 0 Å². The molecule has 0 N–H and O–H groups in total. The quantitative estimate of drug-likeness (QED) is 0.161. The number of pyridine rings is 1. The van der Waals surface area contributed by atoms with Crippen molar-refractivity contribution in [1.82, 2.24) is 9.55 Å². The molecular formula is C54H45N4OPtS2-3. The van der Waals surface area contributed by atoms with E-state index in [1.165, 1.54) is 63.9 Å². The molecule has 0 atom stereocenters. The Kier molecular flexibility index (Phi) is 9.71. The molecule has 5 nitrogen and oxygen atoms in total. The predicted octanol–water partition coefficient (Wildman–Crippen LogP) is 15.8. The van der Waals surface area contributed by atoms with Crippen molar-refractivity contribution in [2.24, 2.45) is 0 Å². The molecule has 0 bridgehead atoms. The number of aromatic nitrogens is 2. The first-order chi connectivity index (χ1) is 29.3. The molecule has 0 radical (unpaired) electrons. The fourth-order valence-electron chi connectivity index (χ4n) is 9.02. The van der Waals surface area contributed by atoms with Gasteiger partial charge >= 0.3 is 0 Å². The fourth-order valence-corrected chi connectivity index (χ4v) is 11.3. The van der Waals surface area contributed by atoms with Gasteiger partial charge in [-0.05, 0) is 82.6 Å². The summed E-state index contributed by atoms with van der Waals surface area (Å²) >= 11 is 3.63. The molecule has 0 spiro atoms. The third-order valence-electron chi connectivity index (χ3n) is 12.1. The molecule has 0 saturated carbocycles. The van der Waals surface area contributed by atoms with E-state index in [0.29, 0.717) is 11.5 Å². The number of hydrogen-bond acceptors (Lipinski definition) is 6.